The molecule has 2 aromatic heterocycles. The van der Waals surface area contributed by atoms with E-state index in [1.807, 2.05) is 13.8 Å². The Kier molecular flexibility index (Phi) is 3.84. The Balaban J connectivity index is 2.17. The normalized spacial score (nSPS) is 10.8. The van der Waals surface area contributed by atoms with Crippen LogP contribution >= 0.6 is 11.3 Å². The molecule has 0 aromatic carbocycles. The average Bonchev–Trinajstić information content (AvgIpc) is 2.95. The highest BCUT2D eigenvalue weighted by Gasteiger charge is 2.20. The largest absolute Gasteiger partial charge is 0.395 e. The molecule has 0 unspecified atom stereocenters. The molecule has 0 saturated heterocycles. The van der Waals surface area contributed by atoms with Gasteiger partial charge in [-0.3, -0.25) is 20.0 Å². The van der Waals surface area contributed by atoms with E-state index in [0.717, 1.165) is 5.69 Å². The molecule has 1 amide bonds. The van der Waals surface area contributed by atoms with Crippen LogP contribution in [0.3, 0.4) is 0 Å². The Morgan fingerprint density at radius 1 is 1.45 bits per heavy atom. The van der Waals surface area contributed by atoms with Crippen molar-refractivity contribution in [2.45, 2.75) is 26.7 Å². The number of thiazole rings is 1. The lowest BCUT2D eigenvalue weighted by Crippen LogP contribution is -2.14. The molecule has 2 aromatic rings. The standard InChI is InChI=1S/C12H15N5O2S/c1-5(2)9-8(13)10(17-16-9)11(19)15-12-14-7(4-20-12)6(3)18/h4-5H,13H2,1-3H3,(H,16,17)(H,14,15,19). The van der Waals surface area contributed by atoms with Gasteiger partial charge in [0.25, 0.3) is 5.91 Å². The summed E-state index contributed by atoms with van der Waals surface area (Å²) in [5.41, 5.74) is 7.40. The predicted octanol–water partition coefficient (Wildman–Crippen LogP) is 2.03. The van der Waals surface area contributed by atoms with Crippen LogP contribution in [0.1, 0.15) is 53.4 Å². The van der Waals surface area contributed by atoms with Gasteiger partial charge in [-0.05, 0) is 5.92 Å². The van der Waals surface area contributed by atoms with Crippen molar-refractivity contribution < 1.29 is 9.59 Å². The van der Waals surface area contributed by atoms with E-state index in [0.29, 0.717) is 16.5 Å². The molecule has 0 spiro atoms. The monoisotopic (exact) mass is 293 g/mol. The number of hydrogen-bond donors (Lipinski definition) is 3. The van der Waals surface area contributed by atoms with Crippen molar-refractivity contribution in [3.63, 3.8) is 0 Å². The number of carbonyl (C=O) groups excluding carboxylic acids is 2. The van der Waals surface area contributed by atoms with Crippen LogP contribution in [0.2, 0.25) is 0 Å². The number of nitrogens with two attached hydrogens (primary N) is 1. The van der Waals surface area contributed by atoms with Crippen LogP contribution in [0.15, 0.2) is 5.38 Å². The van der Waals surface area contributed by atoms with E-state index in [2.05, 4.69) is 20.5 Å². The van der Waals surface area contributed by atoms with Crippen LogP contribution in [0, 0.1) is 0 Å². The number of hydrogen-bond acceptors (Lipinski definition) is 6. The molecular weight excluding hydrogens is 278 g/mol. The van der Waals surface area contributed by atoms with Crippen molar-refractivity contribution in [1.82, 2.24) is 15.2 Å². The fourth-order valence-electron chi connectivity index (χ4n) is 1.63. The summed E-state index contributed by atoms with van der Waals surface area (Å²) in [6.07, 6.45) is 0. The third-order valence-corrected chi connectivity index (χ3v) is 3.47. The first-order chi connectivity index (χ1) is 9.40. The van der Waals surface area contributed by atoms with Crippen molar-refractivity contribution in [3.8, 4) is 0 Å². The Labute approximate surface area is 119 Å². The maximum absolute atomic E-state index is 12.1. The van der Waals surface area contributed by atoms with Crippen LogP contribution < -0.4 is 11.1 Å². The molecule has 0 aliphatic carbocycles. The molecule has 7 nitrogen and oxygen atoms in total. The van der Waals surface area contributed by atoms with Gasteiger partial charge in [-0.1, -0.05) is 13.8 Å². The first-order valence-electron chi connectivity index (χ1n) is 6.01. The van der Waals surface area contributed by atoms with E-state index in [9.17, 15) is 9.59 Å². The number of aromatic nitrogens is 3. The Morgan fingerprint density at radius 3 is 2.65 bits per heavy atom. The lowest BCUT2D eigenvalue weighted by Gasteiger charge is -2.02. The zero-order chi connectivity index (χ0) is 14.9. The van der Waals surface area contributed by atoms with Gasteiger partial charge in [0.15, 0.2) is 16.6 Å². The SMILES string of the molecule is CC(=O)c1csc(NC(=O)c2n[nH]c(C(C)C)c2N)n1. The van der Waals surface area contributed by atoms with Gasteiger partial charge >= 0.3 is 0 Å². The molecule has 0 aliphatic rings. The molecule has 0 saturated carbocycles. The Hall–Kier alpha value is -2.22. The summed E-state index contributed by atoms with van der Waals surface area (Å²) in [4.78, 5) is 27.2. The van der Waals surface area contributed by atoms with E-state index >= 15 is 0 Å². The van der Waals surface area contributed by atoms with Gasteiger partial charge in [0.2, 0.25) is 0 Å². The fraction of sp³-hybridized carbons (Fsp3) is 0.333. The van der Waals surface area contributed by atoms with Crippen molar-refractivity contribution >= 4 is 33.8 Å². The highest BCUT2D eigenvalue weighted by molar-refractivity contribution is 7.14. The van der Waals surface area contributed by atoms with Gasteiger partial charge in [-0.2, -0.15) is 5.10 Å². The van der Waals surface area contributed by atoms with E-state index in [1.165, 1.54) is 18.3 Å². The van der Waals surface area contributed by atoms with Crippen LogP contribution in [0.5, 0.6) is 0 Å². The molecule has 8 heteroatoms. The maximum atomic E-state index is 12.1. The molecule has 20 heavy (non-hydrogen) atoms. The minimum Gasteiger partial charge on any atom is -0.395 e. The van der Waals surface area contributed by atoms with Gasteiger partial charge in [0, 0.05) is 12.3 Å². The molecule has 0 radical (unpaired) electrons. The van der Waals surface area contributed by atoms with Gasteiger partial charge in [0.1, 0.15) is 5.69 Å². The van der Waals surface area contributed by atoms with Gasteiger partial charge in [-0.25, -0.2) is 4.98 Å². The number of nitrogens with one attached hydrogen (secondary N) is 2. The van der Waals surface area contributed by atoms with Gasteiger partial charge in [0.05, 0.1) is 11.4 Å². The summed E-state index contributed by atoms with van der Waals surface area (Å²) in [5, 5.41) is 11.2. The fourth-order valence-corrected chi connectivity index (χ4v) is 2.37. The first kappa shape index (κ1) is 14.2. The van der Waals surface area contributed by atoms with Crippen molar-refractivity contribution in [2.24, 2.45) is 0 Å². The molecule has 0 bridgehead atoms. The number of nitrogens with zero attached hydrogens (tertiary/aromatic N) is 2. The van der Waals surface area contributed by atoms with Crippen LogP contribution in [0.4, 0.5) is 10.8 Å². The summed E-state index contributed by atoms with van der Waals surface area (Å²) in [6.45, 7) is 5.32. The van der Waals surface area contributed by atoms with E-state index < -0.39 is 5.91 Å². The van der Waals surface area contributed by atoms with Crippen molar-refractivity contribution in [1.29, 1.82) is 0 Å². The number of amides is 1. The molecule has 0 aliphatic heterocycles. The van der Waals surface area contributed by atoms with Crippen LogP contribution in [-0.2, 0) is 0 Å². The lowest BCUT2D eigenvalue weighted by atomic mass is 10.1. The second-order valence-electron chi connectivity index (χ2n) is 4.60. The predicted molar refractivity (Wildman–Crippen MR) is 77.2 cm³/mol. The molecule has 2 heterocycles. The lowest BCUT2D eigenvalue weighted by molar-refractivity contribution is 0.100. The van der Waals surface area contributed by atoms with Crippen molar-refractivity contribution in [2.75, 3.05) is 11.1 Å². The summed E-state index contributed by atoms with van der Waals surface area (Å²) >= 11 is 1.18. The molecule has 2 rings (SSSR count). The van der Waals surface area contributed by atoms with Crippen LogP contribution in [0.25, 0.3) is 0 Å². The number of carbonyl (C=O) groups is 2. The van der Waals surface area contributed by atoms with Crippen LogP contribution in [-0.4, -0.2) is 26.9 Å². The summed E-state index contributed by atoms with van der Waals surface area (Å²) in [6, 6.07) is 0. The third-order valence-electron chi connectivity index (χ3n) is 2.71. The zero-order valence-corrected chi connectivity index (χ0v) is 12.2. The first-order valence-corrected chi connectivity index (χ1v) is 6.89. The maximum Gasteiger partial charge on any atom is 0.280 e. The van der Waals surface area contributed by atoms with Gasteiger partial charge < -0.3 is 5.73 Å². The van der Waals surface area contributed by atoms with E-state index in [1.54, 1.807) is 5.38 Å². The number of anilines is 2. The smallest absolute Gasteiger partial charge is 0.280 e. The number of nitrogen functional groups attached to an aromatic ring is 1. The molecular formula is C12H15N5O2S. The summed E-state index contributed by atoms with van der Waals surface area (Å²) in [7, 11) is 0. The molecule has 0 atom stereocenters. The highest BCUT2D eigenvalue weighted by atomic mass is 32.1. The molecule has 106 valence electrons. The number of aromatic amines is 1. The summed E-state index contributed by atoms with van der Waals surface area (Å²) < 4.78 is 0. The molecule has 4 N–H and O–H groups in total. The average molecular weight is 293 g/mol. The highest BCUT2D eigenvalue weighted by Crippen LogP contribution is 2.23. The summed E-state index contributed by atoms with van der Waals surface area (Å²) in [5.74, 6) is -0.452. The second kappa shape index (κ2) is 5.41. The Bertz CT molecular complexity index is 659. The second-order valence-corrected chi connectivity index (χ2v) is 5.46. The zero-order valence-electron chi connectivity index (χ0n) is 11.4. The Morgan fingerprint density at radius 2 is 2.15 bits per heavy atom. The third kappa shape index (κ3) is 2.69. The minimum absolute atomic E-state index is 0.133. The number of Topliss-reactive ketones (excluding diaryl/α,β-unsaturated/α-hetero) is 1. The van der Waals surface area contributed by atoms with E-state index in [-0.39, 0.29) is 17.4 Å². The number of ketones is 1. The quantitative estimate of drug-likeness (QED) is 0.746. The van der Waals surface area contributed by atoms with E-state index in [4.69, 9.17) is 5.73 Å². The molecule has 0 fully saturated rings. The number of H-pyrrole nitrogens is 1. The van der Waals surface area contributed by atoms with Gasteiger partial charge in [-0.15, -0.1) is 11.3 Å². The number of rotatable bonds is 4. The van der Waals surface area contributed by atoms with Crippen molar-refractivity contribution in [3.05, 3.63) is 22.5 Å². The topological polar surface area (TPSA) is 114 Å². The minimum atomic E-state index is -0.449.